The van der Waals surface area contributed by atoms with E-state index >= 15 is 0 Å². The molecule has 0 bridgehead atoms. The van der Waals surface area contributed by atoms with Gasteiger partial charge in [-0.2, -0.15) is 5.10 Å². The Morgan fingerprint density at radius 1 is 1.50 bits per heavy atom. The first-order chi connectivity index (χ1) is 8.63. The van der Waals surface area contributed by atoms with Gasteiger partial charge in [0.1, 0.15) is 6.04 Å². The van der Waals surface area contributed by atoms with Crippen LogP contribution in [0.25, 0.3) is 0 Å². The number of nitrogens with one attached hydrogen (secondary N) is 1. The number of carboxylic acids is 1. The van der Waals surface area contributed by atoms with Crippen LogP contribution < -0.4 is 5.32 Å². The maximum absolute atomic E-state index is 11.6. The Bertz CT molecular complexity index is 376. The molecule has 0 unspecified atom stereocenters. The molecule has 18 heavy (non-hydrogen) atoms. The number of aliphatic carboxylic acids is 1. The van der Waals surface area contributed by atoms with Crippen LogP contribution in [-0.4, -0.2) is 32.8 Å². The van der Waals surface area contributed by atoms with Crippen molar-refractivity contribution in [3.05, 3.63) is 18.5 Å². The van der Waals surface area contributed by atoms with Crippen molar-refractivity contribution in [2.45, 2.75) is 45.2 Å². The zero-order valence-electron chi connectivity index (χ0n) is 10.5. The molecule has 1 rings (SSSR count). The van der Waals surface area contributed by atoms with Gasteiger partial charge in [0.05, 0.1) is 0 Å². The molecule has 0 saturated carbocycles. The van der Waals surface area contributed by atoms with E-state index in [2.05, 4.69) is 10.4 Å². The monoisotopic (exact) mass is 253 g/mol. The van der Waals surface area contributed by atoms with Gasteiger partial charge in [-0.1, -0.05) is 19.8 Å². The second kappa shape index (κ2) is 7.47. The predicted octanol–water partition coefficient (Wildman–Crippen LogP) is 1.03. The first kappa shape index (κ1) is 14.2. The molecule has 0 aliphatic heterocycles. The summed E-state index contributed by atoms with van der Waals surface area (Å²) in [5.74, 6) is -1.23. The summed E-state index contributed by atoms with van der Waals surface area (Å²) in [6.07, 6.45) is 5.80. The standard InChI is InChI=1S/C12H19N3O3/c1-2-3-5-10(12(17)18)14-11(16)6-9-15-8-4-7-13-15/h4,7-8,10H,2-3,5-6,9H2,1H3,(H,14,16)(H,17,18)/t10-/m0/s1. The van der Waals surface area contributed by atoms with Gasteiger partial charge in [-0.3, -0.25) is 9.48 Å². The average molecular weight is 253 g/mol. The van der Waals surface area contributed by atoms with Crippen LogP contribution >= 0.6 is 0 Å². The molecule has 0 radical (unpaired) electrons. The van der Waals surface area contributed by atoms with Gasteiger partial charge in [-0.25, -0.2) is 4.79 Å². The minimum atomic E-state index is -0.976. The Morgan fingerprint density at radius 3 is 2.83 bits per heavy atom. The van der Waals surface area contributed by atoms with Crippen molar-refractivity contribution in [1.82, 2.24) is 15.1 Å². The molecule has 2 N–H and O–H groups in total. The summed E-state index contributed by atoms with van der Waals surface area (Å²) < 4.78 is 1.64. The molecule has 1 heterocycles. The first-order valence-corrected chi connectivity index (χ1v) is 6.13. The summed E-state index contributed by atoms with van der Waals surface area (Å²) in [6.45, 7) is 2.44. The summed E-state index contributed by atoms with van der Waals surface area (Å²) in [5, 5.41) is 15.5. The maximum atomic E-state index is 11.6. The van der Waals surface area contributed by atoms with Crippen molar-refractivity contribution in [3.63, 3.8) is 0 Å². The lowest BCUT2D eigenvalue weighted by molar-refractivity contribution is -0.142. The minimum Gasteiger partial charge on any atom is -0.480 e. The Hall–Kier alpha value is -1.85. The van der Waals surface area contributed by atoms with Crippen LogP contribution in [0.3, 0.4) is 0 Å². The van der Waals surface area contributed by atoms with Crippen LogP contribution in [-0.2, 0) is 16.1 Å². The van der Waals surface area contributed by atoms with Gasteiger partial charge >= 0.3 is 5.97 Å². The lowest BCUT2D eigenvalue weighted by Gasteiger charge is -2.13. The molecule has 6 nitrogen and oxygen atoms in total. The summed E-state index contributed by atoms with van der Waals surface area (Å²) in [5.41, 5.74) is 0. The highest BCUT2D eigenvalue weighted by molar-refractivity contribution is 5.83. The molecule has 0 aliphatic rings. The van der Waals surface area contributed by atoms with E-state index in [1.807, 2.05) is 6.92 Å². The number of nitrogens with zero attached hydrogens (tertiary/aromatic N) is 2. The van der Waals surface area contributed by atoms with Crippen molar-refractivity contribution >= 4 is 11.9 Å². The highest BCUT2D eigenvalue weighted by Crippen LogP contribution is 2.01. The maximum Gasteiger partial charge on any atom is 0.326 e. The molecule has 1 amide bonds. The molecule has 0 aromatic carbocycles. The van der Waals surface area contributed by atoms with Gasteiger partial charge in [-0.05, 0) is 12.5 Å². The first-order valence-electron chi connectivity index (χ1n) is 6.13. The lowest BCUT2D eigenvalue weighted by atomic mass is 10.1. The molecule has 0 spiro atoms. The van der Waals surface area contributed by atoms with Gasteiger partial charge in [0.15, 0.2) is 0 Å². The fourth-order valence-corrected chi connectivity index (χ4v) is 1.58. The Morgan fingerprint density at radius 2 is 2.28 bits per heavy atom. The van der Waals surface area contributed by atoms with E-state index in [4.69, 9.17) is 5.11 Å². The molecule has 0 aliphatic carbocycles. The van der Waals surface area contributed by atoms with Crippen molar-refractivity contribution in [2.24, 2.45) is 0 Å². The second-order valence-corrected chi connectivity index (χ2v) is 4.12. The number of hydrogen-bond donors (Lipinski definition) is 2. The molecular weight excluding hydrogens is 234 g/mol. The number of amides is 1. The number of aromatic nitrogens is 2. The van der Waals surface area contributed by atoms with E-state index in [-0.39, 0.29) is 12.3 Å². The van der Waals surface area contributed by atoms with E-state index in [9.17, 15) is 9.59 Å². The number of rotatable bonds is 8. The second-order valence-electron chi connectivity index (χ2n) is 4.12. The van der Waals surface area contributed by atoms with Gasteiger partial charge in [0.2, 0.25) is 5.91 Å². The van der Waals surface area contributed by atoms with Gasteiger partial charge in [-0.15, -0.1) is 0 Å². The van der Waals surface area contributed by atoms with E-state index in [0.29, 0.717) is 13.0 Å². The fourth-order valence-electron chi connectivity index (χ4n) is 1.58. The number of hydrogen-bond acceptors (Lipinski definition) is 3. The molecule has 0 saturated heterocycles. The van der Waals surface area contributed by atoms with Crippen LogP contribution in [0.2, 0.25) is 0 Å². The molecule has 1 aromatic rings. The Kier molecular flexibility index (Phi) is 5.90. The van der Waals surface area contributed by atoms with Crippen LogP contribution in [0, 0.1) is 0 Å². The van der Waals surface area contributed by atoms with Gasteiger partial charge in [0.25, 0.3) is 0 Å². The van der Waals surface area contributed by atoms with Crippen molar-refractivity contribution in [2.75, 3.05) is 0 Å². The number of aryl methyl sites for hydroxylation is 1. The summed E-state index contributed by atoms with van der Waals surface area (Å²) in [6, 6.07) is 0.995. The molecule has 100 valence electrons. The van der Waals surface area contributed by atoms with Crippen LogP contribution in [0.15, 0.2) is 18.5 Å². The highest BCUT2D eigenvalue weighted by atomic mass is 16.4. The van der Waals surface area contributed by atoms with Crippen molar-refractivity contribution in [3.8, 4) is 0 Å². The quantitative estimate of drug-likeness (QED) is 0.724. The SMILES string of the molecule is CCCC[C@H](NC(=O)CCn1cccn1)C(=O)O. The van der Waals surface area contributed by atoms with E-state index in [1.54, 1.807) is 23.1 Å². The number of unbranched alkanes of at least 4 members (excludes halogenated alkanes) is 1. The third kappa shape index (κ3) is 4.99. The third-order valence-electron chi connectivity index (χ3n) is 2.61. The third-order valence-corrected chi connectivity index (χ3v) is 2.61. The minimum absolute atomic E-state index is 0.234. The van der Waals surface area contributed by atoms with Gasteiger partial charge < -0.3 is 10.4 Å². The van der Waals surface area contributed by atoms with Crippen LogP contribution in [0.5, 0.6) is 0 Å². The molecule has 1 atom stereocenters. The highest BCUT2D eigenvalue weighted by Gasteiger charge is 2.18. The zero-order chi connectivity index (χ0) is 13.4. The summed E-state index contributed by atoms with van der Waals surface area (Å²) >= 11 is 0. The van der Waals surface area contributed by atoms with Crippen molar-refractivity contribution < 1.29 is 14.7 Å². The number of carbonyl (C=O) groups excluding carboxylic acids is 1. The Labute approximate surface area is 106 Å². The predicted molar refractivity (Wildman–Crippen MR) is 65.9 cm³/mol. The molecule has 6 heteroatoms. The average Bonchev–Trinajstić information content (AvgIpc) is 2.84. The molecular formula is C12H19N3O3. The van der Waals surface area contributed by atoms with E-state index in [0.717, 1.165) is 12.8 Å². The summed E-state index contributed by atoms with van der Waals surface area (Å²) in [7, 11) is 0. The van der Waals surface area contributed by atoms with E-state index in [1.165, 1.54) is 0 Å². The van der Waals surface area contributed by atoms with Crippen LogP contribution in [0.1, 0.15) is 32.6 Å². The van der Waals surface area contributed by atoms with Gasteiger partial charge in [0, 0.05) is 25.4 Å². The smallest absolute Gasteiger partial charge is 0.326 e. The fraction of sp³-hybridized carbons (Fsp3) is 0.583. The topological polar surface area (TPSA) is 84.2 Å². The largest absolute Gasteiger partial charge is 0.480 e. The normalized spacial score (nSPS) is 12.1. The zero-order valence-corrected chi connectivity index (χ0v) is 10.5. The molecule has 1 aromatic heterocycles. The number of carbonyl (C=O) groups is 2. The van der Waals surface area contributed by atoms with E-state index < -0.39 is 12.0 Å². The lowest BCUT2D eigenvalue weighted by Crippen LogP contribution is -2.41. The van der Waals surface area contributed by atoms with Crippen molar-refractivity contribution in [1.29, 1.82) is 0 Å². The summed E-state index contributed by atoms with van der Waals surface area (Å²) in [4.78, 5) is 22.5. The molecule has 0 fully saturated rings. The number of carboxylic acid groups (broad SMARTS) is 1. The van der Waals surface area contributed by atoms with Crippen LogP contribution in [0.4, 0.5) is 0 Å². The Balaban J connectivity index is 2.34.